The van der Waals surface area contributed by atoms with Gasteiger partial charge in [0.2, 0.25) is 11.8 Å². The molecule has 0 aromatic rings. The fourth-order valence-electron chi connectivity index (χ4n) is 2.42. The van der Waals surface area contributed by atoms with Crippen molar-refractivity contribution in [3.8, 4) is 0 Å². The van der Waals surface area contributed by atoms with Crippen LogP contribution in [-0.4, -0.2) is 77.4 Å². The van der Waals surface area contributed by atoms with Crippen molar-refractivity contribution >= 4 is 11.8 Å². The van der Waals surface area contributed by atoms with Crippen LogP contribution in [0.5, 0.6) is 0 Å². The van der Waals surface area contributed by atoms with Gasteiger partial charge in [-0.05, 0) is 27.7 Å². The molecule has 1 heterocycles. The van der Waals surface area contributed by atoms with E-state index in [9.17, 15) is 9.59 Å². The Bertz CT molecular complexity index is 342. The maximum Gasteiger partial charge on any atom is 0.242 e. The third kappa shape index (κ3) is 4.95. The largest absolute Gasteiger partial charge is 0.349 e. The molecule has 0 aromatic heterocycles. The lowest BCUT2D eigenvalue weighted by molar-refractivity contribution is -0.131. The Kier molecular flexibility index (Phi) is 7.05. The second-order valence-electron chi connectivity index (χ2n) is 5.07. The van der Waals surface area contributed by atoms with E-state index in [1.54, 1.807) is 0 Å². The molecule has 1 aliphatic rings. The highest BCUT2D eigenvalue weighted by atomic mass is 16.2. The van der Waals surface area contributed by atoms with Gasteiger partial charge in [-0.3, -0.25) is 9.59 Å². The van der Waals surface area contributed by atoms with Crippen LogP contribution in [0.2, 0.25) is 0 Å². The summed E-state index contributed by atoms with van der Waals surface area (Å²) in [5, 5.41) is 0. The third-order valence-corrected chi connectivity index (χ3v) is 3.76. The lowest BCUT2D eigenvalue weighted by Crippen LogP contribution is -2.42. The highest BCUT2D eigenvalue weighted by Gasteiger charge is 2.20. The van der Waals surface area contributed by atoms with Crippen LogP contribution in [0.15, 0.2) is 12.4 Å². The Hall–Kier alpha value is -1.72. The molecule has 120 valence electrons. The predicted octanol–water partition coefficient (Wildman–Crippen LogP) is 0.770. The molecule has 0 spiro atoms. The van der Waals surface area contributed by atoms with Crippen molar-refractivity contribution in [3.05, 3.63) is 12.4 Å². The predicted molar refractivity (Wildman–Crippen MR) is 83.3 cm³/mol. The van der Waals surface area contributed by atoms with Crippen molar-refractivity contribution in [1.82, 2.24) is 19.6 Å². The van der Waals surface area contributed by atoms with E-state index in [1.807, 2.05) is 59.7 Å². The zero-order chi connectivity index (χ0) is 15.8. The Labute approximate surface area is 128 Å². The summed E-state index contributed by atoms with van der Waals surface area (Å²) in [6, 6.07) is 0. The maximum absolute atomic E-state index is 12.0. The standard InChI is InChI=1S/C15H28N4O2/c1-5-18(6-2)14(20)11-16-9-10-17(13-16)12-15(21)19(7-3)8-4/h9-10H,5-8,11-13H2,1-4H3. The van der Waals surface area contributed by atoms with Gasteiger partial charge in [-0.25, -0.2) is 0 Å². The van der Waals surface area contributed by atoms with Gasteiger partial charge in [0, 0.05) is 38.6 Å². The normalized spacial score (nSPS) is 13.7. The van der Waals surface area contributed by atoms with Gasteiger partial charge in [0.1, 0.15) is 0 Å². The number of nitrogens with zero attached hydrogens (tertiary/aromatic N) is 4. The quantitative estimate of drug-likeness (QED) is 0.664. The Morgan fingerprint density at radius 1 is 0.810 bits per heavy atom. The second-order valence-corrected chi connectivity index (χ2v) is 5.07. The van der Waals surface area contributed by atoms with Crippen LogP contribution in [0.25, 0.3) is 0 Å². The summed E-state index contributed by atoms with van der Waals surface area (Å²) in [4.78, 5) is 31.6. The van der Waals surface area contributed by atoms with Crippen LogP contribution in [0.1, 0.15) is 27.7 Å². The van der Waals surface area contributed by atoms with Gasteiger partial charge in [-0.1, -0.05) is 0 Å². The molecular formula is C15H28N4O2. The van der Waals surface area contributed by atoms with E-state index >= 15 is 0 Å². The van der Waals surface area contributed by atoms with E-state index in [2.05, 4.69) is 0 Å². The van der Waals surface area contributed by atoms with Crippen LogP contribution < -0.4 is 0 Å². The first-order chi connectivity index (χ1) is 10.0. The molecule has 2 amide bonds. The number of likely N-dealkylation sites (N-methyl/N-ethyl adjacent to an activating group) is 2. The molecule has 0 radical (unpaired) electrons. The van der Waals surface area contributed by atoms with E-state index in [-0.39, 0.29) is 11.8 Å². The average molecular weight is 296 g/mol. The van der Waals surface area contributed by atoms with Gasteiger partial charge in [0.05, 0.1) is 19.8 Å². The van der Waals surface area contributed by atoms with E-state index in [0.717, 1.165) is 26.2 Å². The van der Waals surface area contributed by atoms with Crippen molar-refractivity contribution in [2.24, 2.45) is 0 Å². The van der Waals surface area contributed by atoms with Crippen molar-refractivity contribution in [2.45, 2.75) is 27.7 Å². The second kappa shape index (κ2) is 8.54. The fourth-order valence-corrected chi connectivity index (χ4v) is 2.42. The summed E-state index contributed by atoms with van der Waals surface area (Å²) in [5.41, 5.74) is 0. The first kappa shape index (κ1) is 17.3. The van der Waals surface area contributed by atoms with Gasteiger partial charge in [0.25, 0.3) is 0 Å². The minimum absolute atomic E-state index is 0.126. The molecule has 0 fully saturated rings. The third-order valence-electron chi connectivity index (χ3n) is 3.76. The Morgan fingerprint density at radius 3 is 1.43 bits per heavy atom. The summed E-state index contributed by atoms with van der Waals surface area (Å²) in [5.74, 6) is 0.253. The SMILES string of the molecule is CCN(CC)C(=O)CN1C=CN(CC(=O)N(CC)CC)C1. The molecule has 0 unspecified atom stereocenters. The number of carbonyl (C=O) groups excluding carboxylic acids is 2. The molecule has 1 rings (SSSR count). The molecule has 0 aromatic carbocycles. The molecule has 6 nitrogen and oxygen atoms in total. The number of carbonyl (C=O) groups is 2. The summed E-state index contributed by atoms with van der Waals surface area (Å²) < 4.78 is 0. The van der Waals surface area contributed by atoms with Gasteiger partial charge < -0.3 is 19.6 Å². The Balaban J connectivity index is 2.41. The van der Waals surface area contributed by atoms with Crippen molar-refractivity contribution in [1.29, 1.82) is 0 Å². The number of amides is 2. The van der Waals surface area contributed by atoms with Crippen molar-refractivity contribution in [3.63, 3.8) is 0 Å². The lowest BCUT2D eigenvalue weighted by Gasteiger charge is -2.26. The fraction of sp³-hybridized carbons (Fsp3) is 0.733. The zero-order valence-electron chi connectivity index (χ0n) is 13.7. The van der Waals surface area contributed by atoms with Crippen LogP contribution in [0.4, 0.5) is 0 Å². The number of rotatable bonds is 8. The van der Waals surface area contributed by atoms with E-state index in [0.29, 0.717) is 19.8 Å². The lowest BCUT2D eigenvalue weighted by atomic mass is 10.4. The van der Waals surface area contributed by atoms with E-state index < -0.39 is 0 Å². The van der Waals surface area contributed by atoms with Gasteiger partial charge in [-0.15, -0.1) is 0 Å². The summed E-state index contributed by atoms with van der Waals surface area (Å²) in [7, 11) is 0. The zero-order valence-corrected chi connectivity index (χ0v) is 13.7. The highest BCUT2D eigenvalue weighted by Crippen LogP contribution is 2.07. The maximum atomic E-state index is 12.0. The van der Waals surface area contributed by atoms with Crippen molar-refractivity contribution in [2.75, 3.05) is 45.9 Å². The monoisotopic (exact) mass is 296 g/mol. The molecule has 1 aliphatic heterocycles. The van der Waals surface area contributed by atoms with Crippen LogP contribution in [0.3, 0.4) is 0 Å². The average Bonchev–Trinajstić information content (AvgIpc) is 2.88. The van der Waals surface area contributed by atoms with Gasteiger partial charge >= 0.3 is 0 Å². The minimum Gasteiger partial charge on any atom is -0.349 e. The first-order valence-electron chi connectivity index (χ1n) is 7.77. The smallest absolute Gasteiger partial charge is 0.242 e. The van der Waals surface area contributed by atoms with E-state index in [1.165, 1.54) is 0 Å². The molecule has 6 heteroatoms. The first-order valence-corrected chi connectivity index (χ1v) is 7.77. The van der Waals surface area contributed by atoms with Gasteiger partial charge in [-0.2, -0.15) is 0 Å². The molecule has 0 aliphatic carbocycles. The summed E-state index contributed by atoms with van der Waals surface area (Å²) in [6.45, 7) is 12.2. The topological polar surface area (TPSA) is 47.1 Å². The molecule has 0 N–H and O–H groups in total. The molecule has 0 saturated carbocycles. The molecule has 0 atom stereocenters. The molecular weight excluding hydrogens is 268 g/mol. The highest BCUT2D eigenvalue weighted by molar-refractivity contribution is 5.79. The number of hydrogen-bond donors (Lipinski definition) is 0. The summed E-state index contributed by atoms with van der Waals surface area (Å²) >= 11 is 0. The van der Waals surface area contributed by atoms with Crippen molar-refractivity contribution < 1.29 is 9.59 Å². The molecule has 0 bridgehead atoms. The minimum atomic E-state index is 0.126. The van der Waals surface area contributed by atoms with Crippen LogP contribution in [0, 0.1) is 0 Å². The summed E-state index contributed by atoms with van der Waals surface area (Å²) in [6.07, 6.45) is 3.77. The van der Waals surface area contributed by atoms with Crippen LogP contribution >= 0.6 is 0 Å². The molecule has 21 heavy (non-hydrogen) atoms. The van der Waals surface area contributed by atoms with Crippen LogP contribution in [-0.2, 0) is 9.59 Å². The van der Waals surface area contributed by atoms with Gasteiger partial charge in [0.15, 0.2) is 0 Å². The number of hydrogen-bond acceptors (Lipinski definition) is 4. The Morgan fingerprint density at radius 2 is 1.14 bits per heavy atom. The van der Waals surface area contributed by atoms with E-state index in [4.69, 9.17) is 0 Å². The molecule has 0 saturated heterocycles.